The molecule has 0 fully saturated rings. The Morgan fingerprint density at radius 1 is 1.18 bits per heavy atom. The van der Waals surface area contributed by atoms with Crippen LogP contribution in [0.25, 0.3) is 0 Å². The lowest BCUT2D eigenvalue weighted by Crippen LogP contribution is -2.22. The normalized spacial score (nSPS) is 12.6. The van der Waals surface area contributed by atoms with Crippen LogP contribution in [-0.2, 0) is 0 Å². The van der Waals surface area contributed by atoms with Crippen LogP contribution in [0.5, 0.6) is 0 Å². The molecular formula is C24H38N4. The molecule has 0 aliphatic heterocycles. The lowest BCUT2D eigenvalue weighted by molar-refractivity contribution is 0.407. The van der Waals surface area contributed by atoms with Crippen LogP contribution in [-0.4, -0.2) is 42.7 Å². The van der Waals surface area contributed by atoms with Crippen LogP contribution in [0.3, 0.4) is 0 Å². The smallest absolute Gasteiger partial charge is 0.137 e. The van der Waals surface area contributed by atoms with Crippen LogP contribution in [0, 0.1) is 0 Å². The number of rotatable bonds is 11. The molecule has 4 nitrogen and oxygen atoms in total. The zero-order valence-electron chi connectivity index (χ0n) is 18.6. The van der Waals surface area contributed by atoms with E-state index in [1.165, 1.54) is 11.1 Å². The number of likely N-dealkylation sites (N-methyl/N-ethyl adjacent to an activating group) is 1. The topological polar surface area (TPSA) is 44.9 Å². The molecule has 0 unspecified atom stereocenters. The first kappa shape index (κ1) is 23.7. The van der Waals surface area contributed by atoms with Gasteiger partial charge in [0.05, 0.1) is 0 Å². The predicted octanol–water partition coefficient (Wildman–Crippen LogP) is 5.11. The molecule has 28 heavy (non-hydrogen) atoms. The summed E-state index contributed by atoms with van der Waals surface area (Å²) in [5, 5.41) is 0. The number of hydrogen-bond donors (Lipinski definition) is 1. The quantitative estimate of drug-likeness (QED) is 0.328. The highest BCUT2D eigenvalue weighted by atomic mass is 15.2. The molecule has 0 aliphatic rings. The Bertz CT molecular complexity index is 728. The van der Waals surface area contributed by atoms with Crippen molar-refractivity contribution in [1.82, 2.24) is 9.80 Å². The van der Waals surface area contributed by atoms with Crippen LogP contribution in [0.4, 0.5) is 0 Å². The van der Waals surface area contributed by atoms with Crippen LogP contribution < -0.4 is 5.73 Å². The van der Waals surface area contributed by atoms with Gasteiger partial charge < -0.3 is 15.5 Å². The van der Waals surface area contributed by atoms with E-state index in [0.717, 1.165) is 48.7 Å². The van der Waals surface area contributed by atoms with Gasteiger partial charge in [0, 0.05) is 37.6 Å². The van der Waals surface area contributed by atoms with Crippen LogP contribution in [0.2, 0.25) is 0 Å². The lowest BCUT2D eigenvalue weighted by Gasteiger charge is -2.26. The maximum Gasteiger partial charge on any atom is 0.137 e. The number of allylic oxidation sites excluding steroid dienone is 1. The molecule has 0 aromatic heterocycles. The average molecular weight is 383 g/mol. The first-order valence-corrected chi connectivity index (χ1v) is 10.1. The molecule has 0 saturated heterocycles. The molecule has 0 aliphatic carbocycles. The molecule has 0 atom stereocenters. The average Bonchev–Trinajstić information content (AvgIpc) is 2.70. The monoisotopic (exact) mass is 382 g/mol. The molecule has 0 amide bonds. The first-order chi connectivity index (χ1) is 13.2. The summed E-state index contributed by atoms with van der Waals surface area (Å²) in [6.45, 7) is 18.4. The summed E-state index contributed by atoms with van der Waals surface area (Å²) in [6.07, 6.45) is 3.85. The molecule has 2 N–H and O–H groups in total. The van der Waals surface area contributed by atoms with Gasteiger partial charge in [0.2, 0.25) is 0 Å². The second-order valence-corrected chi connectivity index (χ2v) is 7.55. The van der Waals surface area contributed by atoms with Crippen molar-refractivity contribution >= 4 is 5.71 Å². The van der Waals surface area contributed by atoms with E-state index >= 15 is 0 Å². The van der Waals surface area contributed by atoms with Crippen molar-refractivity contribution in [3.63, 3.8) is 0 Å². The van der Waals surface area contributed by atoms with E-state index in [0.29, 0.717) is 5.92 Å². The highest BCUT2D eigenvalue weighted by Gasteiger charge is 2.14. The van der Waals surface area contributed by atoms with Gasteiger partial charge in [0.15, 0.2) is 0 Å². The Morgan fingerprint density at radius 3 is 2.39 bits per heavy atom. The molecule has 1 aromatic carbocycles. The second-order valence-electron chi connectivity index (χ2n) is 7.55. The van der Waals surface area contributed by atoms with Crippen molar-refractivity contribution in [2.24, 2.45) is 10.7 Å². The summed E-state index contributed by atoms with van der Waals surface area (Å²) in [6, 6.07) is 8.47. The molecule has 4 heteroatoms. The zero-order valence-corrected chi connectivity index (χ0v) is 18.6. The summed E-state index contributed by atoms with van der Waals surface area (Å²) >= 11 is 0. The van der Waals surface area contributed by atoms with Gasteiger partial charge in [-0.15, -0.1) is 0 Å². The van der Waals surface area contributed by atoms with Gasteiger partial charge in [-0.25, -0.2) is 4.99 Å². The molecule has 0 saturated carbocycles. The Labute approximate surface area is 172 Å². The van der Waals surface area contributed by atoms with E-state index in [4.69, 9.17) is 10.7 Å². The number of nitrogens with two attached hydrogens (primary N) is 1. The highest BCUT2D eigenvalue weighted by molar-refractivity contribution is 6.00. The minimum absolute atomic E-state index is 0.440. The number of benzene rings is 1. The Kier molecular flexibility index (Phi) is 9.74. The van der Waals surface area contributed by atoms with Gasteiger partial charge in [-0.3, -0.25) is 0 Å². The number of aliphatic imine (C=N–C) groups is 1. The third kappa shape index (κ3) is 6.38. The summed E-state index contributed by atoms with van der Waals surface area (Å²) < 4.78 is 0. The molecule has 1 aromatic rings. The second kappa shape index (κ2) is 11.5. The van der Waals surface area contributed by atoms with Gasteiger partial charge in [-0.1, -0.05) is 51.3 Å². The minimum Gasteiger partial charge on any atom is -0.375 e. The third-order valence-corrected chi connectivity index (χ3v) is 5.03. The Morgan fingerprint density at radius 2 is 1.82 bits per heavy atom. The lowest BCUT2D eigenvalue weighted by atomic mass is 9.95. The van der Waals surface area contributed by atoms with E-state index in [1.54, 1.807) is 6.20 Å². The number of nitrogens with zero attached hydrogens (tertiary/aromatic N) is 3. The van der Waals surface area contributed by atoms with Crippen molar-refractivity contribution in [2.45, 2.75) is 46.5 Å². The fourth-order valence-electron chi connectivity index (χ4n) is 3.11. The highest BCUT2D eigenvalue weighted by Crippen LogP contribution is 2.24. The standard InChI is InChI=1S/C24H38N4/c1-9-27(7)24(19(4)21(6)28(8)17-13-12-16-25)26-20(5)23-15-11-10-14-22(23)18(2)3/h9-11,14-15,18H,1,6,12-13,16-17,25H2,2-5,7-8H3/b24-19-,26-20?. The largest absolute Gasteiger partial charge is 0.375 e. The van der Waals surface area contributed by atoms with Gasteiger partial charge in [-0.2, -0.15) is 0 Å². The van der Waals surface area contributed by atoms with Crippen molar-refractivity contribution < 1.29 is 0 Å². The van der Waals surface area contributed by atoms with Crippen molar-refractivity contribution in [3.8, 4) is 0 Å². The van der Waals surface area contributed by atoms with E-state index < -0.39 is 0 Å². The molecule has 154 valence electrons. The van der Waals surface area contributed by atoms with Gasteiger partial charge >= 0.3 is 0 Å². The molecule has 0 bridgehead atoms. The summed E-state index contributed by atoms with van der Waals surface area (Å²) in [7, 11) is 4.04. The summed E-state index contributed by atoms with van der Waals surface area (Å²) in [4.78, 5) is 9.13. The van der Waals surface area contributed by atoms with Crippen LogP contribution in [0.1, 0.15) is 57.6 Å². The molecule has 0 radical (unpaired) electrons. The van der Waals surface area contributed by atoms with Crippen LogP contribution in [0.15, 0.2) is 65.7 Å². The van der Waals surface area contributed by atoms with Crippen molar-refractivity contribution in [2.75, 3.05) is 27.2 Å². The minimum atomic E-state index is 0.440. The van der Waals surface area contributed by atoms with E-state index in [2.05, 4.69) is 77.1 Å². The van der Waals surface area contributed by atoms with E-state index in [1.807, 2.05) is 11.9 Å². The van der Waals surface area contributed by atoms with E-state index in [9.17, 15) is 0 Å². The number of hydrogen-bond acceptors (Lipinski definition) is 4. The summed E-state index contributed by atoms with van der Waals surface area (Å²) in [5.41, 5.74) is 11.1. The first-order valence-electron chi connectivity index (χ1n) is 10.1. The molecule has 0 spiro atoms. The SMILES string of the molecule is C=CN(C)/C(N=C(C)c1ccccc1C(C)C)=C(/C)C(=C)N(C)CCCCN. The molecule has 0 heterocycles. The third-order valence-electron chi connectivity index (χ3n) is 5.03. The zero-order chi connectivity index (χ0) is 21.3. The maximum atomic E-state index is 5.61. The van der Waals surface area contributed by atoms with Gasteiger partial charge in [-0.05, 0) is 56.5 Å². The Balaban J connectivity index is 3.31. The Hall–Kier alpha value is -2.33. The van der Waals surface area contributed by atoms with Gasteiger partial charge in [0.1, 0.15) is 5.82 Å². The fraction of sp³-hybridized carbons (Fsp3) is 0.458. The molecule has 1 rings (SSSR count). The summed E-state index contributed by atoms with van der Waals surface area (Å²) in [5.74, 6) is 1.30. The van der Waals surface area contributed by atoms with Crippen molar-refractivity contribution in [3.05, 3.63) is 71.8 Å². The molecular weight excluding hydrogens is 344 g/mol. The fourth-order valence-corrected chi connectivity index (χ4v) is 3.11. The maximum absolute atomic E-state index is 5.61. The van der Waals surface area contributed by atoms with Gasteiger partial charge in [0.25, 0.3) is 0 Å². The van der Waals surface area contributed by atoms with E-state index in [-0.39, 0.29) is 0 Å². The number of unbranched alkanes of at least 4 members (excludes halogenated alkanes) is 1. The van der Waals surface area contributed by atoms with Crippen molar-refractivity contribution in [1.29, 1.82) is 0 Å². The predicted molar refractivity (Wildman–Crippen MR) is 123 cm³/mol. The van der Waals surface area contributed by atoms with Crippen LogP contribution >= 0.6 is 0 Å².